The monoisotopic (exact) mass is 887 g/mol. The van der Waals surface area contributed by atoms with E-state index in [9.17, 15) is 47.9 Å². The van der Waals surface area contributed by atoms with Crippen LogP contribution >= 0.6 is 24.4 Å². The highest BCUT2D eigenvalue weighted by Crippen LogP contribution is 2.33. The van der Waals surface area contributed by atoms with Gasteiger partial charge in [0.1, 0.15) is 18.1 Å². The number of nitrogens with two attached hydrogens (primary N) is 2. The molecule has 24 heteroatoms. The molecule has 2 aliphatic heterocycles. The van der Waals surface area contributed by atoms with Gasteiger partial charge in [-0.25, -0.2) is 10.3 Å². The molecule has 0 spiro atoms. The molecular weight excluding hydrogens is 827 g/mol. The highest BCUT2D eigenvalue weighted by molar-refractivity contribution is 8.00. The highest BCUT2D eigenvalue weighted by Gasteiger charge is 2.42. The summed E-state index contributed by atoms with van der Waals surface area (Å²) in [5.41, 5.74) is 12.2. The highest BCUT2D eigenvalue weighted by atomic mass is 32.2. The maximum absolute atomic E-state index is 13.1. The molecule has 2 aliphatic rings. The van der Waals surface area contributed by atoms with Crippen molar-refractivity contribution in [2.45, 2.75) is 120 Å². The summed E-state index contributed by atoms with van der Waals surface area (Å²) in [7, 11) is 0. The Kier molecular flexibility index (Phi) is 23.2. The minimum atomic E-state index is -1.38. The maximum Gasteiger partial charge on any atom is 0.315 e. The van der Waals surface area contributed by atoms with Crippen molar-refractivity contribution in [1.29, 1.82) is 0 Å². The lowest BCUT2D eigenvalue weighted by Crippen LogP contribution is -2.56. The van der Waals surface area contributed by atoms with Crippen molar-refractivity contribution in [2.24, 2.45) is 23.3 Å². The number of fused-ring (bicyclic) bond motifs is 1. The summed E-state index contributed by atoms with van der Waals surface area (Å²) in [4.78, 5) is 123. The Morgan fingerprint density at radius 2 is 1.47 bits per heavy atom. The molecule has 0 aliphatic carbocycles. The molecule has 0 radical (unpaired) electrons. The minimum Gasteiger partial charge on any atom is -0.370 e. The first kappa shape index (κ1) is 51.3. The fraction of sp³-hybridized carbons (Fsp3) is 0.722. The second-order valence-electron chi connectivity index (χ2n) is 15.1. The van der Waals surface area contributed by atoms with Crippen LogP contribution < -0.4 is 59.5 Å². The summed E-state index contributed by atoms with van der Waals surface area (Å²) in [5, 5.41) is 29.9. The van der Waals surface area contributed by atoms with Gasteiger partial charge >= 0.3 is 6.03 Å². The number of hydroxylamine groups is 1. The Balaban J connectivity index is 1.73. The number of thiol groups is 1. The molecule has 2 heterocycles. The summed E-state index contributed by atoms with van der Waals surface area (Å²) in [6.45, 7) is 2.79. The quantitative estimate of drug-likeness (QED) is 0.0117. The zero-order chi connectivity index (χ0) is 44.8. The Hall–Kier alpha value is -4.84. The zero-order valence-electron chi connectivity index (χ0n) is 34.0. The van der Waals surface area contributed by atoms with E-state index in [0.717, 1.165) is 18.6 Å². The average molecular weight is 888 g/mol. The molecule has 7 atom stereocenters. The molecule has 11 amide bonds. The summed E-state index contributed by atoms with van der Waals surface area (Å²) < 4.78 is 0. The SMILES string of the molecule is CC(C)CC(CC(=O)NO)C(=O)N[C@@H](CS)C(=O)N[C@@H](CCC(N)=O)C(=O)NCC(=O)NCC(=O)N[C@@H](CCCCNC(=O)CCCC[C@@H]1SC[C@@H]2NC(=O)N[C@@H]21)C(N)=O. The van der Waals surface area contributed by atoms with Crippen molar-refractivity contribution in [3.8, 4) is 0 Å². The largest absolute Gasteiger partial charge is 0.370 e. The van der Waals surface area contributed by atoms with E-state index in [-0.39, 0.29) is 67.8 Å². The fourth-order valence-electron chi connectivity index (χ4n) is 6.56. The molecule has 0 aromatic rings. The lowest BCUT2D eigenvalue weighted by atomic mass is 9.92. The number of unbranched alkanes of at least 4 members (excludes halogenated alkanes) is 2. The number of amides is 11. The molecule has 0 saturated carbocycles. The van der Waals surface area contributed by atoms with E-state index >= 15 is 0 Å². The number of hydrogen-bond donors (Lipinski definition) is 13. The van der Waals surface area contributed by atoms with E-state index in [1.54, 1.807) is 0 Å². The first-order valence-corrected chi connectivity index (χ1v) is 21.6. The molecule has 338 valence electrons. The Morgan fingerprint density at radius 3 is 2.12 bits per heavy atom. The van der Waals surface area contributed by atoms with Gasteiger partial charge in [-0.1, -0.05) is 20.3 Å². The summed E-state index contributed by atoms with van der Waals surface area (Å²) in [5.74, 6) is -6.65. The molecule has 2 fully saturated rings. The first-order chi connectivity index (χ1) is 28.4. The Morgan fingerprint density at radius 1 is 0.767 bits per heavy atom. The topological polar surface area (TPSA) is 351 Å². The van der Waals surface area contributed by atoms with E-state index in [2.05, 4.69) is 55.2 Å². The molecule has 0 aromatic carbocycles. The van der Waals surface area contributed by atoms with Crippen LogP contribution in [0.25, 0.3) is 0 Å². The van der Waals surface area contributed by atoms with Crippen LogP contribution in [0, 0.1) is 11.8 Å². The second-order valence-corrected chi connectivity index (χ2v) is 16.7. The number of carbonyl (C=O) groups is 10. The van der Waals surface area contributed by atoms with Gasteiger partial charge in [-0.05, 0) is 50.9 Å². The van der Waals surface area contributed by atoms with Crippen LogP contribution in [-0.2, 0) is 43.2 Å². The van der Waals surface area contributed by atoms with Crippen LogP contribution in [-0.4, -0.2) is 131 Å². The van der Waals surface area contributed by atoms with Crippen LogP contribution in [0.1, 0.15) is 84.5 Å². The predicted octanol–water partition coefficient (Wildman–Crippen LogP) is -3.08. The predicted molar refractivity (Wildman–Crippen MR) is 222 cm³/mol. The number of primary amides is 2. The molecule has 60 heavy (non-hydrogen) atoms. The van der Waals surface area contributed by atoms with Gasteiger partial charge in [0.2, 0.25) is 53.2 Å². The summed E-state index contributed by atoms with van der Waals surface area (Å²) in [6.07, 6.45) is 3.32. The molecule has 2 saturated heterocycles. The maximum atomic E-state index is 13.1. The third-order valence-electron chi connectivity index (χ3n) is 9.68. The molecular formula is C36H61N11O11S2. The number of nitrogens with one attached hydrogen (secondary N) is 9. The molecule has 0 aromatic heterocycles. The summed E-state index contributed by atoms with van der Waals surface area (Å²) >= 11 is 5.94. The van der Waals surface area contributed by atoms with Crippen LogP contribution in [0.3, 0.4) is 0 Å². The third kappa shape index (κ3) is 19.5. The van der Waals surface area contributed by atoms with Gasteiger partial charge in [0.05, 0.1) is 25.2 Å². The lowest BCUT2D eigenvalue weighted by Gasteiger charge is -2.24. The van der Waals surface area contributed by atoms with Crippen molar-refractivity contribution in [2.75, 3.05) is 31.1 Å². The van der Waals surface area contributed by atoms with Crippen LogP contribution in [0.2, 0.25) is 0 Å². The van der Waals surface area contributed by atoms with Gasteiger partial charge in [-0.2, -0.15) is 24.4 Å². The Labute approximate surface area is 358 Å². The molecule has 1 unspecified atom stereocenters. The Bertz CT molecular complexity index is 1540. The minimum absolute atomic E-state index is 0.0141. The van der Waals surface area contributed by atoms with Crippen LogP contribution in [0.5, 0.6) is 0 Å². The normalized spacial score (nSPS) is 18.6. The van der Waals surface area contributed by atoms with E-state index < -0.39 is 84.4 Å². The number of thioether (sulfide) groups is 1. The van der Waals surface area contributed by atoms with Gasteiger partial charge < -0.3 is 54.0 Å². The van der Waals surface area contributed by atoms with Crippen molar-refractivity contribution in [3.63, 3.8) is 0 Å². The van der Waals surface area contributed by atoms with Gasteiger partial charge in [0.15, 0.2) is 0 Å². The fourth-order valence-corrected chi connectivity index (χ4v) is 8.36. The third-order valence-corrected chi connectivity index (χ3v) is 11.6. The smallest absolute Gasteiger partial charge is 0.315 e. The number of carbonyl (C=O) groups excluding carboxylic acids is 10. The van der Waals surface area contributed by atoms with Crippen molar-refractivity contribution < 1.29 is 53.2 Å². The zero-order valence-corrected chi connectivity index (χ0v) is 35.7. The van der Waals surface area contributed by atoms with Gasteiger partial charge in [-0.15, -0.1) is 0 Å². The van der Waals surface area contributed by atoms with Gasteiger partial charge in [0.25, 0.3) is 0 Å². The molecule has 22 nitrogen and oxygen atoms in total. The van der Waals surface area contributed by atoms with Crippen LogP contribution in [0.15, 0.2) is 0 Å². The first-order valence-electron chi connectivity index (χ1n) is 19.9. The van der Waals surface area contributed by atoms with Crippen LogP contribution in [0.4, 0.5) is 4.79 Å². The molecule has 2 rings (SSSR count). The van der Waals surface area contributed by atoms with E-state index in [0.29, 0.717) is 37.5 Å². The van der Waals surface area contributed by atoms with Crippen molar-refractivity contribution in [1.82, 2.24) is 48.0 Å². The van der Waals surface area contributed by atoms with E-state index in [1.165, 1.54) is 5.48 Å². The lowest BCUT2D eigenvalue weighted by molar-refractivity contribution is -0.137. The second kappa shape index (κ2) is 27.1. The van der Waals surface area contributed by atoms with Crippen molar-refractivity contribution in [3.05, 3.63) is 0 Å². The van der Waals surface area contributed by atoms with Gasteiger partial charge in [-0.3, -0.25) is 48.4 Å². The van der Waals surface area contributed by atoms with Gasteiger partial charge in [0, 0.05) is 48.5 Å². The standard InChI is InChI=1S/C36H61N11O11S2/c1-19(2)13-20(14-28(50)47-58)33(54)44-23(17-59)35(56)43-22(10-11-26(37)48)34(55)41-15-29(51)40-16-30(52)42-21(32(38)53)7-5-6-12-39-27(49)9-4-3-8-25-31-24(18-60-25)45-36(57)46-31/h19-25,31,58-59H,3-18H2,1-2H3,(H2,37,48)(H2,38,53)(H,39,49)(H,40,51)(H,41,55)(H,42,52)(H,43,56)(H,44,54)(H,47,50)(H2,45,46,57)/t20?,21-,22-,23-,24-,25-,31-/m0/s1. The number of urea groups is 1. The molecule has 0 bridgehead atoms. The number of hydrogen-bond acceptors (Lipinski definition) is 13. The average Bonchev–Trinajstić information content (AvgIpc) is 3.75. The van der Waals surface area contributed by atoms with E-state index in [1.807, 2.05) is 25.6 Å². The molecule has 14 N–H and O–H groups in total. The number of rotatable bonds is 29. The summed E-state index contributed by atoms with van der Waals surface area (Å²) in [6, 6.07) is -3.54. The van der Waals surface area contributed by atoms with E-state index in [4.69, 9.17) is 16.7 Å². The van der Waals surface area contributed by atoms with Crippen molar-refractivity contribution >= 4 is 83.6 Å².